The van der Waals surface area contributed by atoms with Crippen molar-refractivity contribution in [2.75, 3.05) is 23.8 Å². The highest BCUT2D eigenvalue weighted by atomic mass is 32.2. The second kappa shape index (κ2) is 9.35. The quantitative estimate of drug-likeness (QED) is 0.337. The molecule has 1 aromatic carbocycles. The average Bonchev–Trinajstić information content (AvgIpc) is 3.46. The summed E-state index contributed by atoms with van der Waals surface area (Å²) in [7, 11) is 0. The molecule has 1 aromatic heterocycles. The van der Waals surface area contributed by atoms with Crippen LogP contribution in [0.3, 0.4) is 0 Å². The van der Waals surface area contributed by atoms with E-state index in [0.717, 1.165) is 45.7 Å². The molecule has 2 aromatic rings. The zero-order valence-electron chi connectivity index (χ0n) is 18.9. The number of benzene rings is 1. The van der Waals surface area contributed by atoms with Crippen molar-refractivity contribution in [2.45, 2.75) is 31.6 Å². The van der Waals surface area contributed by atoms with Gasteiger partial charge in [-0.3, -0.25) is 19.5 Å². The molecule has 0 radical (unpaired) electrons. The number of rotatable bonds is 8. The maximum atomic E-state index is 12.3. The zero-order valence-corrected chi connectivity index (χ0v) is 19.7. The number of carbonyl (C=O) groups is 2. The molecule has 0 saturated heterocycles. The monoisotopic (exact) mass is 480 g/mol. The van der Waals surface area contributed by atoms with Crippen LogP contribution in [0.1, 0.15) is 25.5 Å². The number of nitrogens with zero attached hydrogens (tertiary/aromatic N) is 3. The Hall–Kier alpha value is -3.57. The van der Waals surface area contributed by atoms with Gasteiger partial charge in [-0.2, -0.15) is 10.1 Å². The van der Waals surface area contributed by atoms with E-state index in [1.807, 2.05) is 47.8 Å². The molecule has 1 fully saturated rings. The number of aromatic amines is 1. The molecule has 0 bridgehead atoms. The molecule has 3 heterocycles. The lowest BCUT2D eigenvalue weighted by Gasteiger charge is -2.27. The lowest BCUT2D eigenvalue weighted by Crippen LogP contribution is -3.10. The molecule has 1 aliphatic carbocycles. The van der Waals surface area contributed by atoms with E-state index in [1.165, 1.54) is 0 Å². The third-order valence-electron chi connectivity index (χ3n) is 5.46. The van der Waals surface area contributed by atoms with Crippen molar-refractivity contribution in [3.63, 3.8) is 0 Å². The minimum atomic E-state index is -0.435. The highest BCUT2D eigenvalue weighted by molar-refractivity contribution is 7.97. The van der Waals surface area contributed by atoms with Gasteiger partial charge in [-0.05, 0) is 62.9 Å². The largest absolute Gasteiger partial charge is 0.461 e. The number of esters is 1. The molecule has 4 N–H and O–H groups in total. The van der Waals surface area contributed by atoms with Crippen molar-refractivity contribution in [1.29, 1.82) is 0 Å². The van der Waals surface area contributed by atoms with Gasteiger partial charge in [0.2, 0.25) is 23.3 Å². The van der Waals surface area contributed by atoms with Crippen LogP contribution in [0.5, 0.6) is 0 Å². The number of aryl methyl sites for hydroxylation is 1. The Balaban J connectivity index is 1.33. The van der Waals surface area contributed by atoms with Crippen LogP contribution in [0, 0.1) is 12.8 Å². The highest BCUT2D eigenvalue weighted by Gasteiger charge is 2.37. The van der Waals surface area contributed by atoms with Gasteiger partial charge in [0.1, 0.15) is 12.7 Å². The van der Waals surface area contributed by atoms with Gasteiger partial charge in [-0.1, -0.05) is 0 Å². The number of hydrogen-bond donors (Lipinski definition) is 4. The van der Waals surface area contributed by atoms with Crippen molar-refractivity contribution < 1.29 is 19.2 Å². The first kappa shape index (κ1) is 22.2. The Morgan fingerprint density at radius 1 is 1.29 bits per heavy atom. The molecule has 1 saturated carbocycles. The Kier molecular flexibility index (Phi) is 6.12. The molecular weight excluding hydrogens is 454 g/mol. The number of nitrogens with one attached hydrogen (secondary N) is 4. The minimum absolute atomic E-state index is 0.0934. The van der Waals surface area contributed by atoms with Crippen molar-refractivity contribution in [3.8, 4) is 0 Å². The fourth-order valence-electron chi connectivity index (χ4n) is 3.63. The van der Waals surface area contributed by atoms with E-state index >= 15 is 0 Å². The number of H-pyrrole nitrogens is 1. The van der Waals surface area contributed by atoms with E-state index in [0.29, 0.717) is 24.7 Å². The van der Waals surface area contributed by atoms with Crippen LogP contribution in [-0.2, 0) is 14.3 Å². The molecule has 176 valence electrons. The number of amides is 1. The first-order chi connectivity index (χ1) is 16.5. The molecule has 10 nitrogen and oxygen atoms in total. The summed E-state index contributed by atoms with van der Waals surface area (Å²) in [6.07, 6.45) is 5.69. The maximum Gasteiger partial charge on any atom is 0.362 e. The normalized spacial score (nSPS) is 19.1. The van der Waals surface area contributed by atoms with Crippen LogP contribution >= 0.6 is 11.9 Å². The first-order valence-corrected chi connectivity index (χ1v) is 12.0. The summed E-state index contributed by atoms with van der Waals surface area (Å²) < 4.78 is 7.18. The number of anilines is 2. The summed E-state index contributed by atoms with van der Waals surface area (Å²) in [4.78, 5) is 30.7. The fourth-order valence-corrected chi connectivity index (χ4v) is 4.50. The molecule has 5 rings (SSSR count). The minimum Gasteiger partial charge on any atom is -0.461 e. The van der Waals surface area contributed by atoms with Crippen LogP contribution in [0.25, 0.3) is 0 Å². The summed E-state index contributed by atoms with van der Waals surface area (Å²) in [5.41, 5.74) is 2.03. The topological polar surface area (TPSA) is 116 Å². The van der Waals surface area contributed by atoms with Gasteiger partial charge in [-0.25, -0.2) is 9.69 Å². The van der Waals surface area contributed by atoms with E-state index in [1.54, 1.807) is 25.1 Å². The van der Waals surface area contributed by atoms with Gasteiger partial charge in [0.25, 0.3) is 0 Å². The molecule has 2 aliphatic heterocycles. The Labute approximate surface area is 201 Å². The molecule has 1 amide bonds. The number of fused-ring (bicyclic) bond motifs is 1. The Morgan fingerprint density at radius 2 is 2.09 bits per heavy atom. The second-order valence-corrected chi connectivity index (χ2v) is 9.40. The lowest BCUT2D eigenvalue weighted by atomic mass is 10.3. The molecule has 0 spiro atoms. The van der Waals surface area contributed by atoms with Gasteiger partial charge in [0, 0.05) is 28.3 Å². The van der Waals surface area contributed by atoms with Crippen molar-refractivity contribution in [1.82, 2.24) is 14.5 Å². The number of hydrogen-bond acceptors (Lipinski definition) is 8. The number of aliphatic imine (C=N–C) groups is 1. The second-order valence-electron chi connectivity index (χ2n) is 8.28. The predicted octanol–water partition coefficient (Wildman–Crippen LogP) is 2.00. The first-order valence-electron chi connectivity index (χ1n) is 11.2. The number of amidine groups is 1. The van der Waals surface area contributed by atoms with E-state index in [-0.39, 0.29) is 11.8 Å². The highest BCUT2D eigenvalue weighted by Crippen LogP contribution is 2.31. The summed E-state index contributed by atoms with van der Waals surface area (Å²) in [6, 6.07) is 9.68. The molecule has 11 heteroatoms. The van der Waals surface area contributed by atoms with E-state index in [4.69, 9.17) is 4.74 Å². The van der Waals surface area contributed by atoms with Crippen molar-refractivity contribution >= 4 is 41.2 Å². The number of carbonyl (C=O) groups excluding carboxylic acids is 2. The van der Waals surface area contributed by atoms with E-state index in [2.05, 4.69) is 25.8 Å². The molecule has 1 unspecified atom stereocenters. The molecular formula is C23H26N7O3S+. The average molecular weight is 481 g/mol. The third-order valence-corrected chi connectivity index (χ3v) is 6.41. The van der Waals surface area contributed by atoms with Gasteiger partial charge in [0.15, 0.2) is 5.82 Å². The SMILES string of the molecule is CCOC(=O)C1=C[NH+]2C(Nc3cc(C)[nH]n3)=CN(Sc3ccc(NC(=O)C4CC4)cc3)CC2=N1. The zero-order chi connectivity index (χ0) is 23.7. The molecule has 34 heavy (non-hydrogen) atoms. The van der Waals surface area contributed by atoms with Crippen LogP contribution in [0.15, 0.2) is 64.1 Å². The van der Waals surface area contributed by atoms with Crippen LogP contribution in [0.4, 0.5) is 11.5 Å². The fraction of sp³-hybridized carbons (Fsp3) is 0.304. The smallest absolute Gasteiger partial charge is 0.362 e. The van der Waals surface area contributed by atoms with E-state index < -0.39 is 5.97 Å². The van der Waals surface area contributed by atoms with Gasteiger partial charge in [-0.15, -0.1) is 0 Å². The number of quaternary nitrogens is 1. The maximum absolute atomic E-state index is 12.3. The van der Waals surface area contributed by atoms with Gasteiger partial charge >= 0.3 is 5.97 Å². The van der Waals surface area contributed by atoms with Crippen LogP contribution < -0.4 is 15.5 Å². The third kappa shape index (κ3) is 5.00. The lowest BCUT2D eigenvalue weighted by molar-refractivity contribution is -0.699. The van der Waals surface area contributed by atoms with Gasteiger partial charge < -0.3 is 10.1 Å². The predicted molar refractivity (Wildman–Crippen MR) is 129 cm³/mol. The standard InChI is InChI=1S/C23H25N7O3S/c1-3-33-23(32)18-11-30-20(25-18)12-29(13-21(30)26-19-10-14(2)27-28-19)34-17-8-6-16(7-9-17)24-22(31)15-4-5-15/h6-11,13,15H,3-5,12H2,1-2H3,(H,24,31)(H2,26,27,28)/p+1. The summed E-state index contributed by atoms with van der Waals surface area (Å²) >= 11 is 1.54. The summed E-state index contributed by atoms with van der Waals surface area (Å²) in [6.45, 7) is 4.52. The van der Waals surface area contributed by atoms with Crippen molar-refractivity contribution in [2.24, 2.45) is 10.9 Å². The summed E-state index contributed by atoms with van der Waals surface area (Å²) in [5.74, 6) is 2.07. The molecule has 1 atom stereocenters. The number of aromatic nitrogens is 2. The number of ether oxygens (including phenoxy) is 1. The van der Waals surface area contributed by atoms with Gasteiger partial charge in [0.05, 0.1) is 12.8 Å². The van der Waals surface area contributed by atoms with Crippen molar-refractivity contribution in [3.05, 3.63) is 59.9 Å². The van der Waals surface area contributed by atoms with Crippen LogP contribution in [0.2, 0.25) is 0 Å². The van der Waals surface area contributed by atoms with Crippen LogP contribution in [-0.4, -0.2) is 45.4 Å². The summed E-state index contributed by atoms with van der Waals surface area (Å²) in [5, 5.41) is 13.5. The Bertz CT molecular complexity index is 1200. The Morgan fingerprint density at radius 3 is 2.76 bits per heavy atom. The molecule has 3 aliphatic rings. The van der Waals surface area contributed by atoms with E-state index in [9.17, 15) is 9.59 Å².